The topological polar surface area (TPSA) is 81.9 Å². The Morgan fingerprint density at radius 3 is 2.41 bits per heavy atom. The van der Waals surface area contributed by atoms with Crippen LogP contribution in [0.15, 0.2) is 48.5 Å². The van der Waals surface area contributed by atoms with Gasteiger partial charge in [-0.05, 0) is 36.4 Å². The molecule has 1 aliphatic rings. The second-order valence-electron chi connectivity index (χ2n) is 6.31. The number of nitrogens with two attached hydrogens (primary N) is 1. The molecule has 2 N–H and O–H groups in total. The first-order valence-electron chi connectivity index (χ1n) is 8.74. The minimum atomic E-state index is -0.586. The van der Waals surface area contributed by atoms with Crippen LogP contribution in [0.3, 0.4) is 0 Å². The number of halogens is 1. The third kappa shape index (κ3) is 5.14. The summed E-state index contributed by atoms with van der Waals surface area (Å²) in [6, 6.07) is 14.1. The highest BCUT2D eigenvalue weighted by Crippen LogP contribution is 2.24. The fraction of sp³-hybridized carbons (Fsp3) is 0.300. The smallest absolute Gasteiger partial charge is 0.257 e. The van der Waals surface area contributed by atoms with Crippen LogP contribution in [0.1, 0.15) is 23.2 Å². The van der Waals surface area contributed by atoms with Crippen molar-refractivity contribution in [2.24, 2.45) is 5.73 Å². The highest BCUT2D eigenvalue weighted by Gasteiger charge is 2.26. The molecule has 3 rings (SSSR count). The van der Waals surface area contributed by atoms with Crippen molar-refractivity contribution in [2.75, 3.05) is 19.7 Å². The zero-order valence-electron chi connectivity index (χ0n) is 14.8. The van der Waals surface area contributed by atoms with E-state index in [1.807, 2.05) is 12.1 Å². The molecule has 7 heteroatoms. The lowest BCUT2D eigenvalue weighted by Gasteiger charge is -2.32. The molecular formula is C20H21ClN2O4. The van der Waals surface area contributed by atoms with E-state index >= 15 is 0 Å². The van der Waals surface area contributed by atoms with Gasteiger partial charge >= 0.3 is 0 Å². The number of carbonyl (C=O) groups is 2. The Hall–Kier alpha value is -2.73. The number of amides is 2. The number of likely N-dealkylation sites (tertiary alicyclic amines) is 1. The van der Waals surface area contributed by atoms with Gasteiger partial charge in [0, 0.05) is 31.0 Å². The normalized spacial score (nSPS) is 14.6. The Bertz CT molecular complexity index is 802. The van der Waals surface area contributed by atoms with Gasteiger partial charge < -0.3 is 20.1 Å². The van der Waals surface area contributed by atoms with Crippen molar-refractivity contribution in [3.63, 3.8) is 0 Å². The van der Waals surface area contributed by atoms with Crippen LogP contribution in [0.2, 0.25) is 5.02 Å². The minimum absolute atomic E-state index is 0.0524. The number of piperidine rings is 1. The standard InChI is InChI=1S/C20H21ClN2O4/c21-14-5-7-15(8-6-14)27-16-9-11-23(12-10-16)20(25)17-3-1-2-4-18(17)26-13-19(22)24/h1-8,16H,9-13H2,(H2,22,24). The maximum Gasteiger partial charge on any atom is 0.257 e. The molecule has 6 nitrogen and oxygen atoms in total. The van der Waals surface area contributed by atoms with Gasteiger partial charge in [-0.3, -0.25) is 9.59 Å². The maximum atomic E-state index is 12.8. The summed E-state index contributed by atoms with van der Waals surface area (Å²) in [5, 5.41) is 0.667. The van der Waals surface area contributed by atoms with Crippen molar-refractivity contribution in [1.82, 2.24) is 4.90 Å². The van der Waals surface area contributed by atoms with E-state index in [-0.39, 0.29) is 18.6 Å². The lowest BCUT2D eigenvalue weighted by Crippen LogP contribution is -2.42. The SMILES string of the molecule is NC(=O)COc1ccccc1C(=O)N1CCC(Oc2ccc(Cl)cc2)CC1. The van der Waals surface area contributed by atoms with Crippen LogP contribution in [-0.2, 0) is 4.79 Å². The average Bonchev–Trinajstić information content (AvgIpc) is 2.68. The summed E-state index contributed by atoms with van der Waals surface area (Å²) in [6.45, 7) is 0.907. The number of hydrogen-bond acceptors (Lipinski definition) is 4. The number of rotatable bonds is 6. The van der Waals surface area contributed by atoms with Crippen molar-refractivity contribution in [2.45, 2.75) is 18.9 Å². The van der Waals surface area contributed by atoms with Crippen molar-refractivity contribution in [3.8, 4) is 11.5 Å². The first-order valence-corrected chi connectivity index (χ1v) is 9.12. The molecule has 0 bridgehead atoms. The molecule has 0 aliphatic carbocycles. The molecule has 0 aromatic heterocycles. The number of para-hydroxylation sites is 1. The van der Waals surface area contributed by atoms with Crippen molar-refractivity contribution in [1.29, 1.82) is 0 Å². The van der Waals surface area contributed by atoms with Gasteiger partial charge in [0.1, 0.15) is 17.6 Å². The highest BCUT2D eigenvalue weighted by atomic mass is 35.5. The molecule has 2 amide bonds. The lowest BCUT2D eigenvalue weighted by atomic mass is 10.1. The van der Waals surface area contributed by atoms with Crippen molar-refractivity contribution >= 4 is 23.4 Å². The summed E-state index contributed by atoms with van der Waals surface area (Å²) in [5.41, 5.74) is 5.54. The van der Waals surface area contributed by atoms with E-state index in [0.717, 1.165) is 18.6 Å². The molecule has 0 radical (unpaired) electrons. The molecular weight excluding hydrogens is 368 g/mol. The molecule has 1 heterocycles. The largest absolute Gasteiger partial charge is 0.490 e. The van der Waals surface area contributed by atoms with Crippen LogP contribution in [-0.4, -0.2) is 42.5 Å². The van der Waals surface area contributed by atoms with Gasteiger partial charge in [0.15, 0.2) is 6.61 Å². The van der Waals surface area contributed by atoms with E-state index < -0.39 is 5.91 Å². The third-order valence-corrected chi connectivity index (χ3v) is 4.58. The summed E-state index contributed by atoms with van der Waals surface area (Å²) >= 11 is 5.88. The number of nitrogens with zero attached hydrogens (tertiary/aromatic N) is 1. The molecule has 2 aromatic carbocycles. The van der Waals surface area contributed by atoms with E-state index in [9.17, 15) is 9.59 Å². The summed E-state index contributed by atoms with van der Waals surface area (Å²) in [6.07, 6.45) is 1.52. The Kier molecular flexibility index (Phi) is 6.19. The van der Waals surface area contributed by atoms with Crippen LogP contribution in [0.25, 0.3) is 0 Å². The van der Waals surface area contributed by atoms with E-state index in [1.54, 1.807) is 41.3 Å². The molecule has 0 atom stereocenters. The third-order valence-electron chi connectivity index (χ3n) is 4.33. The Labute approximate surface area is 162 Å². The van der Waals surface area contributed by atoms with Crippen LogP contribution in [0.4, 0.5) is 0 Å². The zero-order valence-corrected chi connectivity index (χ0v) is 15.5. The number of primary amides is 1. The van der Waals surface area contributed by atoms with Gasteiger partial charge in [0.25, 0.3) is 11.8 Å². The number of benzene rings is 2. The van der Waals surface area contributed by atoms with Crippen LogP contribution in [0.5, 0.6) is 11.5 Å². The molecule has 27 heavy (non-hydrogen) atoms. The Morgan fingerprint density at radius 2 is 1.74 bits per heavy atom. The minimum Gasteiger partial charge on any atom is -0.490 e. The summed E-state index contributed by atoms with van der Waals surface area (Å²) in [5.74, 6) is 0.424. The quantitative estimate of drug-likeness (QED) is 0.824. The lowest BCUT2D eigenvalue weighted by molar-refractivity contribution is -0.119. The number of ether oxygens (including phenoxy) is 2. The second kappa shape index (κ2) is 8.77. The number of carbonyl (C=O) groups excluding carboxylic acids is 2. The monoisotopic (exact) mass is 388 g/mol. The first kappa shape index (κ1) is 19.0. The molecule has 0 spiro atoms. The summed E-state index contributed by atoms with van der Waals surface area (Å²) < 4.78 is 11.3. The summed E-state index contributed by atoms with van der Waals surface area (Å²) in [4.78, 5) is 25.6. The van der Waals surface area contributed by atoms with E-state index in [0.29, 0.717) is 29.4 Å². The average molecular weight is 389 g/mol. The van der Waals surface area contributed by atoms with Crippen LogP contribution >= 0.6 is 11.6 Å². The van der Waals surface area contributed by atoms with Gasteiger partial charge in [-0.2, -0.15) is 0 Å². The van der Waals surface area contributed by atoms with Crippen LogP contribution < -0.4 is 15.2 Å². The first-order chi connectivity index (χ1) is 13.0. The molecule has 1 saturated heterocycles. The molecule has 142 valence electrons. The van der Waals surface area contributed by atoms with Gasteiger partial charge in [-0.15, -0.1) is 0 Å². The predicted molar refractivity (Wildman–Crippen MR) is 102 cm³/mol. The Morgan fingerprint density at radius 1 is 1.07 bits per heavy atom. The predicted octanol–water partition coefficient (Wildman–Crippen LogP) is 2.89. The molecule has 1 aliphatic heterocycles. The van der Waals surface area contributed by atoms with E-state index in [1.165, 1.54) is 0 Å². The molecule has 0 unspecified atom stereocenters. The van der Waals surface area contributed by atoms with Gasteiger partial charge in [-0.25, -0.2) is 0 Å². The van der Waals surface area contributed by atoms with Gasteiger partial charge in [0.05, 0.1) is 5.56 Å². The molecule has 0 saturated carbocycles. The highest BCUT2D eigenvalue weighted by molar-refractivity contribution is 6.30. The fourth-order valence-electron chi connectivity index (χ4n) is 2.97. The van der Waals surface area contributed by atoms with Gasteiger partial charge in [-0.1, -0.05) is 23.7 Å². The van der Waals surface area contributed by atoms with Crippen molar-refractivity contribution in [3.05, 3.63) is 59.1 Å². The van der Waals surface area contributed by atoms with E-state index in [2.05, 4.69) is 0 Å². The fourth-order valence-corrected chi connectivity index (χ4v) is 3.10. The van der Waals surface area contributed by atoms with Crippen LogP contribution in [0, 0.1) is 0 Å². The van der Waals surface area contributed by atoms with E-state index in [4.69, 9.17) is 26.8 Å². The van der Waals surface area contributed by atoms with Gasteiger partial charge in [0.2, 0.25) is 0 Å². The number of hydrogen-bond donors (Lipinski definition) is 1. The summed E-state index contributed by atoms with van der Waals surface area (Å²) in [7, 11) is 0. The molecule has 1 fully saturated rings. The molecule has 2 aromatic rings. The van der Waals surface area contributed by atoms with Crippen molar-refractivity contribution < 1.29 is 19.1 Å². The Balaban J connectivity index is 1.58. The second-order valence-corrected chi connectivity index (χ2v) is 6.75. The zero-order chi connectivity index (χ0) is 19.2. The maximum absolute atomic E-state index is 12.8.